The van der Waals surface area contributed by atoms with Crippen molar-refractivity contribution in [2.24, 2.45) is 5.16 Å². The quantitative estimate of drug-likeness (QED) is 0.355. The Bertz CT molecular complexity index is 283. The summed E-state index contributed by atoms with van der Waals surface area (Å²) in [6, 6.07) is 3.38. The molecule has 11 heavy (non-hydrogen) atoms. The van der Waals surface area contributed by atoms with Crippen molar-refractivity contribution < 1.29 is 5.21 Å². The number of oxime groups is 1. The molecule has 0 aromatic carbocycles. The lowest BCUT2D eigenvalue weighted by molar-refractivity contribution is 0.319. The summed E-state index contributed by atoms with van der Waals surface area (Å²) in [5, 5.41) is 11.4. The summed E-state index contributed by atoms with van der Waals surface area (Å²) in [5.74, 6) is 0.422. The van der Waals surface area contributed by atoms with Gasteiger partial charge in [-0.25, -0.2) is 4.98 Å². The SMILES string of the molecule is C/C(=N/O)c1ccnc(N)c1. The minimum atomic E-state index is 0.422. The van der Waals surface area contributed by atoms with Crippen LogP contribution >= 0.6 is 0 Å². The molecule has 0 fully saturated rings. The van der Waals surface area contributed by atoms with Crippen LogP contribution in [0.2, 0.25) is 0 Å². The largest absolute Gasteiger partial charge is 0.411 e. The maximum atomic E-state index is 8.41. The number of aromatic nitrogens is 1. The third-order valence-corrected chi connectivity index (χ3v) is 1.35. The normalized spacial score (nSPS) is 11.5. The fraction of sp³-hybridized carbons (Fsp3) is 0.143. The van der Waals surface area contributed by atoms with Crippen molar-refractivity contribution in [3.63, 3.8) is 0 Å². The van der Waals surface area contributed by atoms with Gasteiger partial charge in [0.1, 0.15) is 5.82 Å². The summed E-state index contributed by atoms with van der Waals surface area (Å²) in [5.41, 5.74) is 6.71. The zero-order valence-electron chi connectivity index (χ0n) is 6.15. The Morgan fingerprint density at radius 3 is 3.00 bits per heavy atom. The number of anilines is 1. The highest BCUT2D eigenvalue weighted by Crippen LogP contribution is 2.03. The van der Waals surface area contributed by atoms with E-state index < -0.39 is 0 Å². The van der Waals surface area contributed by atoms with E-state index in [4.69, 9.17) is 10.9 Å². The lowest BCUT2D eigenvalue weighted by atomic mass is 10.2. The van der Waals surface area contributed by atoms with Crippen molar-refractivity contribution in [2.75, 3.05) is 5.73 Å². The fourth-order valence-corrected chi connectivity index (χ4v) is 0.731. The number of hydrogen-bond donors (Lipinski definition) is 2. The predicted octanol–water partition coefficient (Wildman–Crippen LogP) is 0.862. The number of pyridine rings is 1. The third-order valence-electron chi connectivity index (χ3n) is 1.35. The molecule has 1 rings (SSSR count). The van der Waals surface area contributed by atoms with E-state index >= 15 is 0 Å². The summed E-state index contributed by atoms with van der Waals surface area (Å²) in [6.45, 7) is 1.69. The Kier molecular flexibility index (Phi) is 2.06. The molecular weight excluding hydrogens is 142 g/mol. The first-order valence-electron chi connectivity index (χ1n) is 3.14. The van der Waals surface area contributed by atoms with Crippen molar-refractivity contribution >= 4 is 11.5 Å². The van der Waals surface area contributed by atoms with E-state index in [1.807, 2.05) is 0 Å². The van der Waals surface area contributed by atoms with Crippen LogP contribution in [0.3, 0.4) is 0 Å². The molecule has 0 bridgehead atoms. The van der Waals surface area contributed by atoms with E-state index in [1.54, 1.807) is 25.3 Å². The Labute approximate surface area is 64.4 Å². The first-order chi connectivity index (χ1) is 5.24. The van der Waals surface area contributed by atoms with Gasteiger partial charge in [0.25, 0.3) is 0 Å². The van der Waals surface area contributed by atoms with Crippen molar-refractivity contribution in [1.29, 1.82) is 0 Å². The highest BCUT2D eigenvalue weighted by atomic mass is 16.4. The number of nitrogens with zero attached hydrogens (tertiary/aromatic N) is 2. The molecule has 0 radical (unpaired) electrons. The lowest BCUT2D eigenvalue weighted by Gasteiger charge is -1.97. The van der Waals surface area contributed by atoms with Gasteiger partial charge >= 0.3 is 0 Å². The van der Waals surface area contributed by atoms with Crippen LogP contribution in [-0.4, -0.2) is 15.9 Å². The molecule has 0 aliphatic carbocycles. The second-order valence-corrected chi connectivity index (χ2v) is 2.15. The van der Waals surface area contributed by atoms with Crippen LogP contribution in [0.5, 0.6) is 0 Å². The summed E-state index contributed by atoms with van der Waals surface area (Å²) in [7, 11) is 0. The maximum absolute atomic E-state index is 8.41. The number of nitrogen functional groups attached to an aromatic ring is 1. The van der Waals surface area contributed by atoms with Gasteiger partial charge in [-0.05, 0) is 19.1 Å². The van der Waals surface area contributed by atoms with Crippen LogP contribution in [0, 0.1) is 0 Å². The van der Waals surface area contributed by atoms with Crippen molar-refractivity contribution in [2.45, 2.75) is 6.92 Å². The van der Waals surface area contributed by atoms with Gasteiger partial charge in [0.15, 0.2) is 0 Å². The third kappa shape index (κ3) is 1.67. The van der Waals surface area contributed by atoms with Gasteiger partial charge in [-0.15, -0.1) is 0 Å². The molecule has 0 amide bonds. The standard InChI is InChI=1S/C7H9N3O/c1-5(10-11)6-2-3-9-7(8)4-6/h2-4,11H,1H3,(H2,8,9)/b10-5-. The second-order valence-electron chi connectivity index (χ2n) is 2.15. The molecule has 1 aromatic rings. The number of hydrogen-bond acceptors (Lipinski definition) is 4. The smallest absolute Gasteiger partial charge is 0.123 e. The minimum absolute atomic E-state index is 0.422. The molecule has 4 heteroatoms. The molecule has 0 saturated heterocycles. The summed E-state index contributed by atoms with van der Waals surface area (Å²) < 4.78 is 0. The average Bonchev–Trinajstić information content (AvgIpc) is 2.03. The molecule has 4 nitrogen and oxygen atoms in total. The van der Waals surface area contributed by atoms with E-state index in [-0.39, 0.29) is 0 Å². The zero-order valence-corrected chi connectivity index (χ0v) is 6.15. The molecule has 0 saturated carbocycles. The summed E-state index contributed by atoms with van der Waals surface area (Å²) in [6.07, 6.45) is 1.57. The summed E-state index contributed by atoms with van der Waals surface area (Å²) in [4.78, 5) is 3.80. The first kappa shape index (κ1) is 7.53. The highest BCUT2D eigenvalue weighted by Gasteiger charge is 1.96. The maximum Gasteiger partial charge on any atom is 0.123 e. The molecule has 0 spiro atoms. The van der Waals surface area contributed by atoms with Gasteiger partial charge < -0.3 is 10.9 Å². The van der Waals surface area contributed by atoms with Gasteiger partial charge in [-0.2, -0.15) is 0 Å². The molecule has 1 aromatic heterocycles. The second kappa shape index (κ2) is 3.01. The molecule has 3 N–H and O–H groups in total. The Balaban J connectivity index is 3.06. The fourth-order valence-electron chi connectivity index (χ4n) is 0.731. The molecular formula is C7H9N3O. The average molecular weight is 151 g/mol. The Morgan fingerprint density at radius 2 is 2.45 bits per heavy atom. The van der Waals surface area contributed by atoms with E-state index in [2.05, 4.69) is 10.1 Å². The van der Waals surface area contributed by atoms with Gasteiger partial charge in [0, 0.05) is 11.8 Å². The van der Waals surface area contributed by atoms with E-state index in [1.165, 1.54) is 0 Å². The monoisotopic (exact) mass is 151 g/mol. The van der Waals surface area contributed by atoms with Gasteiger partial charge in [-0.1, -0.05) is 5.16 Å². The molecule has 1 heterocycles. The van der Waals surface area contributed by atoms with Crippen LogP contribution in [0.25, 0.3) is 0 Å². The summed E-state index contributed by atoms with van der Waals surface area (Å²) >= 11 is 0. The zero-order chi connectivity index (χ0) is 8.27. The topological polar surface area (TPSA) is 71.5 Å². The minimum Gasteiger partial charge on any atom is -0.411 e. The van der Waals surface area contributed by atoms with Crippen LogP contribution in [0.1, 0.15) is 12.5 Å². The van der Waals surface area contributed by atoms with Crippen molar-refractivity contribution in [3.8, 4) is 0 Å². The van der Waals surface area contributed by atoms with E-state index in [0.29, 0.717) is 11.5 Å². The number of rotatable bonds is 1. The van der Waals surface area contributed by atoms with Gasteiger partial charge in [0.2, 0.25) is 0 Å². The van der Waals surface area contributed by atoms with Crippen LogP contribution in [0.15, 0.2) is 23.5 Å². The molecule has 58 valence electrons. The highest BCUT2D eigenvalue weighted by molar-refractivity contribution is 5.98. The van der Waals surface area contributed by atoms with Crippen LogP contribution < -0.4 is 5.73 Å². The Hall–Kier alpha value is -1.58. The van der Waals surface area contributed by atoms with Gasteiger partial charge in [0.05, 0.1) is 5.71 Å². The Morgan fingerprint density at radius 1 is 1.73 bits per heavy atom. The van der Waals surface area contributed by atoms with Gasteiger partial charge in [-0.3, -0.25) is 0 Å². The first-order valence-corrected chi connectivity index (χ1v) is 3.14. The van der Waals surface area contributed by atoms with E-state index in [9.17, 15) is 0 Å². The van der Waals surface area contributed by atoms with Crippen molar-refractivity contribution in [3.05, 3.63) is 23.9 Å². The predicted molar refractivity (Wildman–Crippen MR) is 42.6 cm³/mol. The molecule has 0 aliphatic heterocycles. The van der Waals surface area contributed by atoms with E-state index in [0.717, 1.165) is 5.56 Å². The molecule has 0 aliphatic rings. The van der Waals surface area contributed by atoms with Crippen LogP contribution in [-0.2, 0) is 0 Å². The molecule has 0 atom stereocenters. The van der Waals surface area contributed by atoms with Crippen LogP contribution in [0.4, 0.5) is 5.82 Å². The number of nitrogens with two attached hydrogens (primary N) is 1. The van der Waals surface area contributed by atoms with Crippen molar-refractivity contribution in [1.82, 2.24) is 4.98 Å². The lowest BCUT2D eigenvalue weighted by Crippen LogP contribution is -1.97. The molecule has 0 unspecified atom stereocenters.